The lowest BCUT2D eigenvalue weighted by atomic mass is 9.95. The van der Waals surface area contributed by atoms with Crippen LogP contribution in [0.25, 0.3) is 0 Å². The second kappa shape index (κ2) is 23.5. The molecule has 0 aromatic rings. The summed E-state index contributed by atoms with van der Waals surface area (Å²) in [6, 6.07) is 0. The van der Waals surface area contributed by atoms with E-state index < -0.39 is 224 Å². The van der Waals surface area contributed by atoms with Crippen LogP contribution in [0, 0.1) is 0 Å². The molecule has 0 radical (unpaired) electrons. The molecule has 0 amide bonds. The van der Waals surface area contributed by atoms with Gasteiger partial charge in [-0.25, -0.2) is 0 Å². The third-order valence-electron chi connectivity index (χ3n) is 12.4. The molecule has 31 heteroatoms. The predicted octanol–water partition coefficient (Wildman–Crippen LogP) is -14.1. The number of rotatable bonds is 16. The quantitative estimate of drug-likeness (QED) is 0.0683. The van der Waals surface area contributed by atoms with E-state index in [9.17, 15) is 102 Å². The molecule has 6 saturated heterocycles. The average molecular weight is 991 g/mol. The summed E-state index contributed by atoms with van der Waals surface area (Å²) in [5.41, 5.74) is 0. The lowest BCUT2D eigenvalue weighted by molar-refractivity contribution is -0.393. The Morgan fingerprint density at radius 3 is 0.866 bits per heavy atom. The molecule has 31 nitrogen and oxygen atoms in total. The molecule has 1 unspecified atom stereocenters. The number of ether oxygens (including phenoxy) is 11. The normalized spacial score (nSPS) is 53.4. The molecule has 392 valence electrons. The summed E-state index contributed by atoms with van der Waals surface area (Å²) in [5, 5.41) is 209. The van der Waals surface area contributed by atoms with Crippen molar-refractivity contribution >= 4 is 0 Å². The van der Waals surface area contributed by atoms with Crippen LogP contribution < -0.4 is 0 Å². The first-order valence-electron chi connectivity index (χ1n) is 21.1. The molecule has 67 heavy (non-hydrogen) atoms. The van der Waals surface area contributed by atoms with Gasteiger partial charge in [-0.2, -0.15) is 0 Å². The van der Waals surface area contributed by atoms with Crippen LogP contribution in [0.15, 0.2) is 0 Å². The topological polar surface area (TPSA) is 506 Å². The molecule has 0 aromatic carbocycles. The van der Waals surface area contributed by atoms with Gasteiger partial charge in [-0.1, -0.05) is 0 Å². The van der Waals surface area contributed by atoms with Gasteiger partial charge in [0.15, 0.2) is 37.7 Å². The van der Waals surface area contributed by atoms with Crippen molar-refractivity contribution in [2.45, 2.75) is 184 Å². The van der Waals surface area contributed by atoms with Crippen molar-refractivity contribution in [2.24, 2.45) is 0 Å². The van der Waals surface area contributed by atoms with Gasteiger partial charge < -0.3 is 154 Å². The van der Waals surface area contributed by atoms with Gasteiger partial charge in [0, 0.05) is 0 Å². The van der Waals surface area contributed by atoms with Gasteiger partial charge in [-0.05, 0) is 0 Å². The highest BCUT2D eigenvalue weighted by molar-refractivity contribution is 4.99. The van der Waals surface area contributed by atoms with Crippen LogP contribution in [0.3, 0.4) is 0 Å². The van der Waals surface area contributed by atoms with Crippen LogP contribution in [0.5, 0.6) is 0 Å². The smallest absolute Gasteiger partial charge is 0.187 e. The third kappa shape index (κ3) is 11.4. The largest absolute Gasteiger partial charge is 0.394 e. The fourth-order valence-corrected chi connectivity index (χ4v) is 8.42. The highest BCUT2D eigenvalue weighted by Gasteiger charge is 2.57. The van der Waals surface area contributed by atoms with Gasteiger partial charge >= 0.3 is 0 Å². The fourth-order valence-electron chi connectivity index (χ4n) is 8.42. The Hall–Kier alpha value is -1.24. The van der Waals surface area contributed by atoms with Crippen molar-refractivity contribution in [1.29, 1.82) is 0 Å². The number of aliphatic hydroxyl groups excluding tert-OH is 20. The first-order valence-corrected chi connectivity index (χ1v) is 21.1. The van der Waals surface area contributed by atoms with Crippen molar-refractivity contribution in [3.05, 3.63) is 0 Å². The molecule has 0 saturated carbocycles. The Morgan fingerprint density at radius 1 is 0.254 bits per heavy atom. The molecule has 20 N–H and O–H groups in total. The predicted molar refractivity (Wildman–Crippen MR) is 199 cm³/mol. The fraction of sp³-hybridized carbons (Fsp3) is 1.00. The molecule has 6 rings (SSSR count). The van der Waals surface area contributed by atoms with E-state index in [2.05, 4.69) is 0 Å². The van der Waals surface area contributed by atoms with Gasteiger partial charge in [0.05, 0.1) is 39.6 Å². The summed E-state index contributed by atoms with van der Waals surface area (Å²) in [4.78, 5) is 0. The van der Waals surface area contributed by atoms with Crippen LogP contribution in [0.4, 0.5) is 0 Å². The summed E-state index contributed by atoms with van der Waals surface area (Å²) in [6.45, 7) is -5.43. The van der Waals surface area contributed by atoms with E-state index in [0.717, 1.165) is 0 Å². The second-order valence-corrected chi connectivity index (χ2v) is 16.8. The number of aliphatic hydroxyl groups is 20. The Morgan fingerprint density at radius 2 is 0.522 bits per heavy atom. The highest BCUT2D eigenvalue weighted by atomic mass is 16.8. The van der Waals surface area contributed by atoms with E-state index in [-0.39, 0.29) is 0 Å². The number of hydrogen-bond acceptors (Lipinski definition) is 31. The average Bonchev–Trinajstić information content (AvgIpc) is 3.32. The van der Waals surface area contributed by atoms with Crippen molar-refractivity contribution < 1.29 is 154 Å². The van der Waals surface area contributed by atoms with Gasteiger partial charge in [-0.3, -0.25) is 0 Å². The van der Waals surface area contributed by atoms with E-state index >= 15 is 0 Å². The van der Waals surface area contributed by atoms with Crippen molar-refractivity contribution in [2.75, 3.05) is 39.6 Å². The Labute approximate surface area is 378 Å². The third-order valence-corrected chi connectivity index (χ3v) is 12.4. The molecule has 6 fully saturated rings. The number of hydrogen-bond donors (Lipinski definition) is 20. The summed E-state index contributed by atoms with van der Waals surface area (Å²) < 4.78 is 60.6. The molecular formula is C36H62O31. The summed E-state index contributed by atoms with van der Waals surface area (Å²) in [5.74, 6) is 0. The zero-order valence-electron chi connectivity index (χ0n) is 35.0. The Bertz CT molecular complexity index is 1500. The molecule has 30 atom stereocenters. The maximum Gasteiger partial charge on any atom is 0.187 e. The molecule has 6 heterocycles. The zero-order valence-corrected chi connectivity index (χ0v) is 35.0. The van der Waals surface area contributed by atoms with Crippen LogP contribution in [0.2, 0.25) is 0 Å². The molecular weight excluding hydrogens is 928 g/mol. The molecule has 0 aliphatic carbocycles. The van der Waals surface area contributed by atoms with Crippen LogP contribution in [0.1, 0.15) is 0 Å². The molecule has 0 bridgehead atoms. The zero-order chi connectivity index (χ0) is 49.3. The monoisotopic (exact) mass is 990 g/mol. The van der Waals surface area contributed by atoms with E-state index in [0.29, 0.717) is 0 Å². The molecule has 6 aliphatic heterocycles. The minimum absolute atomic E-state index is 0.778. The van der Waals surface area contributed by atoms with Crippen molar-refractivity contribution in [3.63, 3.8) is 0 Å². The molecule has 0 aromatic heterocycles. The van der Waals surface area contributed by atoms with Gasteiger partial charge in [0.25, 0.3) is 0 Å². The van der Waals surface area contributed by atoms with Gasteiger partial charge in [0.2, 0.25) is 0 Å². The minimum Gasteiger partial charge on any atom is -0.394 e. The van der Waals surface area contributed by atoms with Crippen molar-refractivity contribution in [1.82, 2.24) is 0 Å². The van der Waals surface area contributed by atoms with Crippen molar-refractivity contribution in [3.8, 4) is 0 Å². The molecule has 6 aliphatic rings. The van der Waals surface area contributed by atoms with E-state index in [1.54, 1.807) is 0 Å². The van der Waals surface area contributed by atoms with E-state index in [1.807, 2.05) is 0 Å². The second-order valence-electron chi connectivity index (χ2n) is 16.8. The molecule has 0 spiro atoms. The summed E-state index contributed by atoms with van der Waals surface area (Å²) >= 11 is 0. The highest BCUT2D eigenvalue weighted by Crippen LogP contribution is 2.36. The van der Waals surface area contributed by atoms with Gasteiger partial charge in [0.1, 0.15) is 146 Å². The minimum atomic E-state index is -2.18. The lowest BCUT2D eigenvalue weighted by Crippen LogP contribution is -2.68. The first-order chi connectivity index (χ1) is 31.7. The SMILES string of the molecule is OC[C@H]1O[C@H](OC[C@H]2OC(O)[C@H](O)[C@@H](O)[C@@H]2O[C@H]2O[C@H](CO)[C@@H](O[C@H]3O[C@H](CO)[C@@H](O[C@H]4O[C@H](CO)[C@@H](O[C@H]5O[C@H](CO)[C@@H](O)[C@H](O)[C@H]5O)[C@H](O)[C@H]4O)[C@H](O)[C@H]3O)[C@H](O)[C@H]2O)[C@H](O)[C@@H](O)[C@@H]1O. The van der Waals surface area contributed by atoms with Crippen LogP contribution in [-0.2, 0) is 52.1 Å². The summed E-state index contributed by atoms with van der Waals surface area (Å²) in [7, 11) is 0. The first kappa shape index (κ1) is 55.1. The maximum absolute atomic E-state index is 11.2. The Balaban J connectivity index is 1.08. The van der Waals surface area contributed by atoms with Gasteiger partial charge in [-0.15, -0.1) is 0 Å². The lowest BCUT2D eigenvalue weighted by Gasteiger charge is -2.49. The van der Waals surface area contributed by atoms with Crippen LogP contribution in [-0.4, -0.2) is 326 Å². The maximum atomic E-state index is 11.2. The van der Waals surface area contributed by atoms with E-state index in [1.165, 1.54) is 0 Å². The van der Waals surface area contributed by atoms with E-state index in [4.69, 9.17) is 52.1 Å². The summed E-state index contributed by atoms with van der Waals surface area (Å²) in [6.07, 6.45) is -56.4. The Kier molecular flexibility index (Phi) is 19.4. The van der Waals surface area contributed by atoms with Crippen LogP contribution >= 0.6 is 0 Å². The standard InChI is InChI=1S/C36H62O31/c37-1-7-13(42)15(44)22(51)32(59-7)57-6-12-30(17(46)21(50)31(56)58-12)67-36-26(55)20(49)29(11(5-41)63-36)66-35-25(54)19(48)28(10(4-40)62-35)65-34-24(53)18(47)27(9(3-39)61-34)64-33-23(52)16(45)14(43)8(2-38)60-33/h7-56H,1-6H2/t7-,8-,9-,10-,11-,12-,13-,14-,15+,16+,17-,18-,19-,20-,21-,22-,23-,24-,25-,26-,27-,28-,29-,30-,31?,32+,33-,34-,35-,36-/m1/s1.